The van der Waals surface area contributed by atoms with Crippen LogP contribution in [-0.4, -0.2) is 37.5 Å². The zero-order valence-corrected chi connectivity index (χ0v) is 14.8. The minimum Gasteiger partial charge on any atom is -0.383 e. The van der Waals surface area contributed by atoms with E-state index in [1.807, 2.05) is 13.2 Å². The van der Waals surface area contributed by atoms with Gasteiger partial charge in [-0.2, -0.15) is 11.8 Å². The zero-order valence-electron chi connectivity index (χ0n) is 13.1. The van der Waals surface area contributed by atoms with Crippen molar-refractivity contribution in [1.29, 1.82) is 0 Å². The van der Waals surface area contributed by atoms with Crippen LogP contribution >= 0.6 is 11.8 Å². The largest absolute Gasteiger partial charge is 0.383 e. The summed E-state index contributed by atoms with van der Waals surface area (Å²) in [5.74, 6) is 0. The molecule has 0 fully saturated rings. The Morgan fingerprint density at radius 1 is 1.29 bits per heavy atom. The minimum absolute atomic E-state index is 0.0639. The monoisotopic (exact) mass is 331 g/mol. The summed E-state index contributed by atoms with van der Waals surface area (Å²) in [5.41, 5.74) is 0.537. The van der Waals surface area contributed by atoms with Gasteiger partial charge in [-0.15, -0.1) is 0 Å². The summed E-state index contributed by atoms with van der Waals surface area (Å²) < 4.78 is 27.6. The number of aromatic nitrogens is 1. The summed E-state index contributed by atoms with van der Waals surface area (Å²) in [4.78, 5) is 4.03. The molecule has 0 bridgehead atoms. The first-order valence-electron chi connectivity index (χ1n) is 7.18. The molecule has 1 aromatic heterocycles. The Hall–Kier alpha value is -0.790. The number of pyridine rings is 1. The van der Waals surface area contributed by atoms with E-state index in [1.54, 1.807) is 23.9 Å². The smallest absolute Gasteiger partial charge is 0.260 e. The van der Waals surface area contributed by atoms with Crippen LogP contribution in [0, 0.1) is 0 Å². The SMILES string of the molecule is CCNc1cccnc1S(=O)(=O)NCC(CC)(CC)SC. The first kappa shape index (κ1) is 18.3. The summed E-state index contributed by atoms with van der Waals surface area (Å²) in [5, 5.41) is 3.10. The van der Waals surface area contributed by atoms with E-state index in [-0.39, 0.29) is 9.77 Å². The van der Waals surface area contributed by atoms with E-state index in [9.17, 15) is 8.42 Å². The lowest BCUT2D eigenvalue weighted by Gasteiger charge is -2.29. The van der Waals surface area contributed by atoms with E-state index < -0.39 is 10.0 Å². The van der Waals surface area contributed by atoms with Gasteiger partial charge in [0.25, 0.3) is 10.0 Å². The summed E-state index contributed by atoms with van der Waals surface area (Å²) in [7, 11) is -3.61. The standard InChI is InChI=1S/C14H25N3O2S2/c1-5-14(6-2,20-4)11-17-21(18,19)13-12(15-7-3)9-8-10-16-13/h8-10,15,17H,5-7,11H2,1-4H3. The molecular formula is C14H25N3O2S2. The molecule has 7 heteroatoms. The molecule has 0 spiro atoms. The number of anilines is 1. The van der Waals surface area contributed by atoms with Gasteiger partial charge in [-0.3, -0.25) is 0 Å². The molecule has 0 radical (unpaired) electrons. The van der Waals surface area contributed by atoms with Gasteiger partial charge in [0.2, 0.25) is 0 Å². The second-order valence-corrected chi connectivity index (χ2v) is 7.76. The van der Waals surface area contributed by atoms with E-state index >= 15 is 0 Å². The average molecular weight is 332 g/mol. The molecule has 0 aliphatic rings. The highest BCUT2D eigenvalue weighted by atomic mass is 32.2. The topological polar surface area (TPSA) is 71.1 Å². The Morgan fingerprint density at radius 2 is 1.95 bits per heavy atom. The van der Waals surface area contributed by atoms with Gasteiger partial charge in [-0.25, -0.2) is 18.1 Å². The predicted molar refractivity (Wildman–Crippen MR) is 90.4 cm³/mol. The molecule has 0 amide bonds. The highest BCUT2D eigenvalue weighted by molar-refractivity contribution is 8.00. The van der Waals surface area contributed by atoms with Gasteiger partial charge < -0.3 is 5.32 Å². The zero-order chi connectivity index (χ0) is 15.9. The fourth-order valence-electron chi connectivity index (χ4n) is 2.09. The Balaban J connectivity index is 2.97. The Labute approximate surface area is 132 Å². The molecule has 2 N–H and O–H groups in total. The number of thioether (sulfide) groups is 1. The molecule has 0 aliphatic carbocycles. The number of nitrogens with one attached hydrogen (secondary N) is 2. The van der Waals surface area contributed by atoms with Crippen LogP contribution in [0.25, 0.3) is 0 Å². The van der Waals surface area contributed by atoms with E-state index in [0.29, 0.717) is 18.8 Å². The normalized spacial score (nSPS) is 12.4. The van der Waals surface area contributed by atoms with Crippen LogP contribution in [0.2, 0.25) is 0 Å². The number of rotatable bonds is 9. The summed E-state index contributed by atoms with van der Waals surface area (Å²) in [6.45, 7) is 7.14. The van der Waals surface area contributed by atoms with Crippen molar-refractivity contribution in [3.05, 3.63) is 18.3 Å². The van der Waals surface area contributed by atoms with Crippen LogP contribution in [0.5, 0.6) is 0 Å². The minimum atomic E-state index is -3.61. The first-order valence-corrected chi connectivity index (χ1v) is 9.89. The molecule has 0 atom stereocenters. The molecular weight excluding hydrogens is 306 g/mol. The van der Waals surface area contributed by atoms with E-state index in [4.69, 9.17) is 0 Å². The van der Waals surface area contributed by atoms with Gasteiger partial charge in [0, 0.05) is 24.0 Å². The lowest BCUT2D eigenvalue weighted by atomic mass is 10.0. The van der Waals surface area contributed by atoms with Gasteiger partial charge in [-0.05, 0) is 38.2 Å². The molecule has 1 rings (SSSR count). The molecule has 1 heterocycles. The van der Waals surface area contributed by atoms with Crippen LogP contribution in [0.15, 0.2) is 23.4 Å². The van der Waals surface area contributed by atoms with Crippen molar-refractivity contribution >= 4 is 27.5 Å². The lowest BCUT2D eigenvalue weighted by Crippen LogP contribution is -2.40. The van der Waals surface area contributed by atoms with Crippen LogP contribution in [0.4, 0.5) is 5.69 Å². The third-order valence-corrected chi connectivity index (χ3v) is 6.65. The van der Waals surface area contributed by atoms with E-state index in [1.165, 1.54) is 6.20 Å². The Morgan fingerprint density at radius 3 is 2.48 bits per heavy atom. The van der Waals surface area contributed by atoms with Gasteiger partial charge >= 0.3 is 0 Å². The highest BCUT2D eigenvalue weighted by Crippen LogP contribution is 2.30. The predicted octanol–water partition coefficient (Wildman–Crippen LogP) is 2.71. The maximum absolute atomic E-state index is 12.5. The maximum Gasteiger partial charge on any atom is 0.260 e. The molecule has 21 heavy (non-hydrogen) atoms. The van der Waals surface area contributed by atoms with Crippen molar-refractivity contribution in [2.24, 2.45) is 0 Å². The van der Waals surface area contributed by atoms with Crippen molar-refractivity contribution in [3.63, 3.8) is 0 Å². The molecule has 5 nitrogen and oxygen atoms in total. The number of sulfonamides is 1. The Bertz CT molecular complexity index is 535. The molecule has 1 aromatic rings. The van der Waals surface area contributed by atoms with Crippen LogP contribution in [0.3, 0.4) is 0 Å². The maximum atomic E-state index is 12.5. The fourth-order valence-corrected chi connectivity index (χ4v) is 4.20. The molecule has 0 saturated carbocycles. The van der Waals surface area contributed by atoms with Crippen molar-refractivity contribution in [2.45, 2.75) is 43.4 Å². The lowest BCUT2D eigenvalue weighted by molar-refractivity contribution is 0.520. The van der Waals surface area contributed by atoms with Crippen molar-refractivity contribution in [2.75, 3.05) is 24.7 Å². The number of hydrogen-bond donors (Lipinski definition) is 2. The molecule has 0 aromatic carbocycles. The fraction of sp³-hybridized carbons (Fsp3) is 0.643. The van der Waals surface area contributed by atoms with Crippen molar-refractivity contribution < 1.29 is 8.42 Å². The van der Waals surface area contributed by atoms with Gasteiger partial charge in [0.1, 0.15) is 0 Å². The van der Waals surface area contributed by atoms with Crippen molar-refractivity contribution in [3.8, 4) is 0 Å². The van der Waals surface area contributed by atoms with Crippen LogP contribution in [0.1, 0.15) is 33.6 Å². The molecule has 0 unspecified atom stereocenters. The van der Waals surface area contributed by atoms with Gasteiger partial charge in [0.05, 0.1) is 5.69 Å². The van der Waals surface area contributed by atoms with E-state index in [0.717, 1.165) is 12.8 Å². The number of hydrogen-bond acceptors (Lipinski definition) is 5. The third-order valence-electron chi connectivity index (χ3n) is 3.70. The van der Waals surface area contributed by atoms with Gasteiger partial charge in [-0.1, -0.05) is 13.8 Å². The molecule has 0 saturated heterocycles. The summed E-state index contributed by atoms with van der Waals surface area (Å²) in [6.07, 6.45) is 5.34. The molecule has 120 valence electrons. The quantitative estimate of drug-likeness (QED) is 0.728. The van der Waals surface area contributed by atoms with E-state index in [2.05, 4.69) is 28.9 Å². The second-order valence-electron chi connectivity index (χ2n) is 4.81. The van der Waals surface area contributed by atoms with Crippen molar-refractivity contribution in [1.82, 2.24) is 9.71 Å². The van der Waals surface area contributed by atoms with Gasteiger partial charge in [0.15, 0.2) is 5.03 Å². The van der Waals surface area contributed by atoms with Crippen LogP contribution in [-0.2, 0) is 10.0 Å². The van der Waals surface area contributed by atoms with Crippen LogP contribution < -0.4 is 10.0 Å². The second kappa shape index (κ2) is 8.00. The Kier molecular flexibility index (Phi) is 6.96. The number of nitrogens with zero attached hydrogens (tertiary/aromatic N) is 1. The summed E-state index contributed by atoms with van der Waals surface area (Å²) >= 11 is 1.70. The average Bonchev–Trinajstić information content (AvgIpc) is 2.50. The summed E-state index contributed by atoms with van der Waals surface area (Å²) in [6, 6.07) is 3.45. The first-order chi connectivity index (χ1) is 9.94. The molecule has 0 aliphatic heterocycles. The highest BCUT2D eigenvalue weighted by Gasteiger charge is 2.28. The third kappa shape index (κ3) is 4.59.